The SMILES string of the molecule is Cc1ccc(S(=O)(=O)NCC[C@H]2CCCN2)cc1[N+](=O)[O-].Cl. The van der Waals surface area contributed by atoms with Crippen molar-refractivity contribution >= 4 is 28.1 Å². The van der Waals surface area contributed by atoms with Crippen LogP contribution in [0.1, 0.15) is 24.8 Å². The Labute approximate surface area is 136 Å². The van der Waals surface area contributed by atoms with E-state index in [0.717, 1.165) is 25.5 Å². The largest absolute Gasteiger partial charge is 0.314 e. The van der Waals surface area contributed by atoms with Crippen molar-refractivity contribution in [2.75, 3.05) is 13.1 Å². The van der Waals surface area contributed by atoms with E-state index in [1.807, 2.05) is 0 Å². The van der Waals surface area contributed by atoms with E-state index >= 15 is 0 Å². The highest BCUT2D eigenvalue weighted by atomic mass is 35.5. The summed E-state index contributed by atoms with van der Waals surface area (Å²) < 4.78 is 26.8. The molecule has 2 rings (SSSR count). The Balaban J connectivity index is 0.00000242. The fourth-order valence-electron chi connectivity index (χ4n) is 2.41. The van der Waals surface area contributed by atoms with Crippen molar-refractivity contribution in [1.29, 1.82) is 0 Å². The summed E-state index contributed by atoms with van der Waals surface area (Å²) in [7, 11) is -3.71. The number of nitrogens with one attached hydrogen (secondary N) is 2. The van der Waals surface area contributed by atoms with E-state index in [0.29, 0.717) is 24.6 Å². The van der Waals surface area contributed by atoms with Crippen LogP contribution in [0.4, 0.5) is 5.69 Å². The molecule has 0 unspecified atom stereocenters. The minimum absolute atomic E-state index is 0. The number of benzene rings is 1. The molecule has 7 nitrogen and oxygen atoms in total. The van der Waals surface area contributed by atoms with E-state index in [-0.39, 0.29) is 23.0 Å². The molecule has 1 atom stereocenters. The van der Waals surface area contributed by atoms with Crippen molar-refractivity contribution in [2.24, 2.45) is 0 Å². The number of hydrogen-bond donors (Lipinski definition) is 2. The van der Waals surface area contributed by atoms with Crippen molar-refractivity contribution in [3.63, 3.8) is 0 Å². The number of nitro benzene ring substituents is 1. The Morgan fingerprint density at radius 1 is 1.45 bits per heavy atom. The highest BCUT2D eigenvalue weighted by Gasteiger charge is 2.20. The van der Waals surface area contributed by atoms with Gasteiger partial charge >= 0.3 is 0 Å². The van der Waals surface area contributed by atoms with Crippen molar-refractivity contribution in [3.8, 4) is 0 Å². The van der Waals surface area contributed by atoms with Crippen LogP contribution >= 0.6 is 12.4 Å². The van der Waals surface area contributed by atoms with Gasteiger partial charge in [0, 0.05) is 24.2 Å². The monoisotopic (exact) mass is 349 g/mol. The molecule has 0 radical (unpaired) electrons. The quantitative estimate of drug-likeness (QED) is 0.601. The first-order valence-corrected chi connectivity index (χ1v) is 8.36. The molecule has 0 bridgehead atoms. The molecule has 22 heavy (non-hydrogen) atoms. The number of rotatable bonds is 6. The summed E-state index contributed by atoms with van der Waals surface area (Å²) in [6, 6.07) is 4.29. The average Bonchev–Trinajstić information content (AvgIpc) is 2.91. The molecule has 1 saturated heterocycles. The van der Waals surface area contributed by atoms with E-state index < -0.39 is 14.9 Å². The predicted molar refractivity (Wildman–Crippen MR) is 85.9 cm³/mol. The van der Waals surface area contributed by atoms with Gasteiger partial charge in [-0.2, -0.15) is 0 Å². The second kappa shape index (κ2) is 7.87. The third kappa shape index (κ3) is 4.64. The lowest BCUT2D eigenvalue weighted by Gasteiger charge is -2.11. The highest BCUT2D eigenvalue weighted by molar-refractivity contribution is 7.89. The summed E-state index contributed by atoms with van der Waals surface area (Å²) in [5.74, 6) is 0. The molecule has 1 aliphatic heterocycles. The molecular weight excluding hydrogens is 330 g/mol. The van der Waals surface area contributed by atoms with Gasteiger partial charge in [-0.15, -0.1) is 12.4 Å². The summed E-state index contributed by atoms with van der Waals surface area (Å²) in [4.78, 5) is 10.2. The molecule has 1 aromatic carbocycles. The molecular formula is C13H20ClN3O4S. The van der Waals surface area contributed by atoms with Gasteiger partial charge in [-0.25, -0.2) is 13.1 Å². The number of aryl methyl sites for hydroxylation is 1. The third-order valence-corrected chi connectivity index (χ3v) is 5.09. The Morgan fingerprint density at radius 2 is 2.18 bits per heavy atom. The molecule has 0 amide bonds. The maximum absolute atomic E-state index is 12.1. The standard InChI is InChI=1S/C13H19N3O4S.ClH/c1-10-4-5-12(9-13(10)16(17)18)21(19,20)15-8-6-11-3-2-7-14-11;/h4-5,9,11,14-15H,2-3,6-8H2,1H3;1H/t11-;/m1./s1. The van der Waals surface area contributed by atoms with Gasteiger partial charge < -0.3 is 5.32 Å². The second-order valence-corrected chi connectivity index (χ2v) is 6.95. The number of sulfonamides is 1. The van der Waals surface area contributed by atoms with Gasteiger partial charge in [-0.3, -0.25) is 10.1 Å². The second-order valence-electron chi connectivity index (χ2n) is 5.19. The van der Waals surface area contributed by atoms with Crippen LogP contribution < -0.4 is 10.0 Å². The van der Waals surface area contributed by atoms with Crippen LogP contribution in [-0.2, 0) is 10.0 Å². The molecule has 1 heterocycles. The van der Waals surface area contributed by atoms with E-state index in [1.165, 1.54) is 12.1 Å². The first kappa shape index (κ1) is 18.8. The summed E-state index contributed by atoms with van der Waals surface area (Å²) in [5, 5.41) is 14.2. The van der Waals surface area contributed by atoms with Crippen molar-refractivity contribution in [3.05, 3.63) is 33.9 Å². The minimum Gasteiger partial charge on any atom is -0.314 e. The van der Waals surface area contributed by atoms with Crippen LogP contribution in [0.25, 0.3) is 0 Å². The fourth-order valence-corrected chi connectivity index (χ4v) is 3.47. The lowest BCUT2D eigenvalue weighted by Crippen LogP contribution is -2.30. The van der Waals surface area contributed by atoms with Gasteiger partial charge in [0.1, 0.15) is 0 Å². The van der Waals surface area contributed by atoms with Crippen molar-refractivity contribution < 1.29 is 13.3 Å². The Kier molecular flexibility index (Phi) is 6.73. The normalized spacial score (nSPS) is 18.0. The molecule has 124 valence electrons. The first-order valence-electron chi connectivity index (χ1n) is 6.88. The number of nitro groups is 1. The van der Waals surface area contributed by atoms with Crippen LogP contribution in [0.5, 0.6) is 0 Å². The molecule has 0 saturated carbocycles. The molecule has 1 fully saturated rings. The van der Waals surface area contributed by atoms with Crippen LogP contribution in [0.3, 0.4) is 0 Å². The average molecular weight is 350 g/mol. The van der Waals surface area contributed by atoms with Gasteiger partial charge in [-0.1, -0.05) is 6.07 Å². The maximum Gasteiger partial charge on any atom is 0.273 e. The van der Waals surface area contributed by atoms with Crippen LogP contribution in [0.15, 0.2) is 23.1 Å². The minimum atomic E-state index is -3.71. The first-order chi connectivity index (χ1) is 9.90. The van der Waals surface area contributed by atoms with E-state index in [4.69, 9.17) is 0 Å². The summed E-state index contributed by atoms with van der Waals surface area (Å²) in [6.07, 6.45) is 2.88. The molecule has 9 heteroatoms. The van der Waals surface area contributed by atoms with Crippen LogP contribution in [0, 0.1) is 17.0 Å². The van der Waals surface area contributed by atoms with Gasteiger partial charge in [0.15, 0.2) is 0 Å². The van der Waals surface area contributed by atoms with Crippen molar-refractivity contribution in [1.82, 2.24) is 10.0 Å². The predicted octanol–water partition coefficient (Wildman–Crippen LogP) is 1.75. The van der Waals surface area contributed by atoms with Crippen LogP contribution in [-0.4, -0.2) is 32.5 Å². The van der Waals surface area contributed by atoms with E-state index in [2.05, 4.69) is 10.0 Å². The zero-order chi connectivity index (χ0) is 15.5. The Morgan fingerprint density at radius 3 is 2.77 bits per heavy atom. The summed E-state index contributed by atoms with van der Waals surface area (Å²) in [6.45, 7) is 2.87. The molecule has 1 aliphatic rings. The van der Waals surface area contributed by atoms with Crippen molar-refractivity contribution in [2.45, 2.75) is 37.1 Å². The Bertz CT molecular complexity index is 630. The maximum atomic E-state index is 12.1. The topological polar surface area (TPSA) is 101 Å². The molecule has 2 N–H and O–H groups in total. The lowest BCUT2D eigenvalue weighted by atomic mass is 10.2. The van der Waals surface area contributed by atoms with E-state index in [9.17, 15) is 18.5 Å². The number of nitrogens with zero attached hydrogens (tertiary/aromatic N) is 1. The smallest absolute Gasteiger partial charge is 0.273 e. The zero-order valence-electron chi connectivity index (χ0n) is 12.2. The van der Waals surface area contributed by atoms with Crippen LogP contribution in [0.2, 0.25) is 0 Å². The number of hydrogen-bond acceptors (Lipinski definition) is 5. The molecule has 0 aromatic heterocycles. The molecule has 0 spiro atoms. The Hall–Kier alpha value is -1.22. The van der Waals surface area contributed by atoms with E-state index in [1.54, 1.807) is 6.92 Å². The summed E-state index contributed by atoms with van der Waals surface area (Å²) >= 11 is 0. The van der Waals surface area contributed by atoms with Gasteiger partial charge in [0.25, 0.3) is 5.69 Å². The molecule has 1 aromatic rings. The third-order valence-electron chi connectivity index (χ3n) is 3.63. The molecule has 0 aliphatic carbocycles. The van der Waals surface area contributed by atoms with Gasteiger partial charge in [-0.05, 0) is 38.8 Å². The summed E-state index contributed by atoms with van der Waals surface area (Å²) in [5.41, 5.74) is 0.254. The lowest BCUT2D eigenvalue weighted by molar-refractivity contribution is -0.385. The highest BCUT2D eigenvalue weighted by Crippen LogP contribution is 2.22. The fraction of sp³-hybridized carbons (Fsp3) is 0.538. The zero-order valence-corrected chi connectivity index (χ0v) is 13.9. The van der Waals surface area contributed by atoms with Gasteiger partial charge in [0.2, 0.25) is 10.0 Å². The van der Waals surface area contributed by atoms with Gasteiger partial charge in [0.05, 0.1) is 9.82 Å². The number of halogens is 1.